The smallest absolute Gasteiger partial charge is 0.371 e. The third-order valence-corrected chi connectivity index (χ3v) is 6.62. The van der Waals surface area contributed by atoms with E-state index in [0.717, 1.165) is 28.9 Å². The van der Waals surface area contributed by atoms with E-state index >= 15 is 0 Å². The summed E-state index contributed by atoms with van der Waals surface area (Å²) in [4.78, 5) is 11.4. The van der Waals surface area contributed by atoms with E-state index in [1.807, 2.05) is 18.2 Å². The number of hydrogen-bond acceptors (Lipinski definition) is 3. The summed E-state index contributed by atoms with van der Waals surface area (Å²) in [6.07, 6.45) is 10.7. The Balaban J connectivity index is 0.000000280. The third kappa shape index (κ3) is 7.08. The van der Waals surface area contributed by atoms with E-state index in [1.165, 1.54) is 37.5 Å². The summed E-state index contributed by atoms with van der Waals surface area (Å²) in [5.41, 5.74) is 1.54. The number of halogens is 1. The van der Waals surface area contributed by atoms with Crippen molar-refractivity contribution >= 4 is 12.0 Å². The van der Waals surface area contributed by atoms with Crippen LogP contribution in [0.3, 0.4) is 0 Å². The Morgan fingerprint density at radius 2 is 1.61 bits per heavy atom. The van der Waals surface area contributed by atoms with Crippen molar-refractivity contribution in [3.63, 3.8) is 0 Å². The van der Waals surface area contributed by atoms with E-state index in [9.17, 15) is 14.3 Å². The van der Waals surface area contributed by atoms with E-state index in [4.69, 9.17) is 9.47 Å². The van der Waals surface area contributed by atoms with Crippen LogP contribution in [0.15, 0.2) is 96.8 Å². The molecule has 3 aromatic carbocycles. The van der Waals surface area contributed by atoms with Gasteiger partial charge in [-0.05, 0) is 84.2 Å². The van der Waals surface area contributed by atoms with Crippen LogP contribution in [0.25, 0.3) is 6.08 Å². The first-order chi connectivity index (χ1) is 17.5. The lowest BCUT2D eigenvalue weighted by Crippen LogP contribution is -2.05. The zero-order valence-corrected chi connectivity index (χ0v) is 20.3. The average molecular weight is 487 g/mol. The zero-order chi connectivity index (χ0) is 25.3. The summed E-state index contributed by atoms with van der Waals surface area (Å²) in [7, 11) is 0. The summed E-state index contributed by atoms with van der Waals surface area (Å²) in [5.74, 6) is 2.51. The van der Waals surface area contributed by atoms with Crippen molar-refractivity contribution in [1.82, 2.24) is 0 Å². The summed E-state index contributed by atoms with van der Waals surface area (Å²) >= 11 is 0. The average Bonchev–Trinajstić information content (AvgIpc) is 3.53. The largest absolute Gasteiger partial charge is 0.482 e. The van der Waals surface area contributed by atoms with Crippen LogP contribution < -0.4 is 4.74 Å². The second kappa shape index (κ2) is 12.2. The predicted octanol–water partition coefficient (Wildman–Crippen LogP) is 7.87. The minimum Gasteiger partial charge on any atom is -0.482 e. The fourth-order valence-corrected chi connectivity index (χ4v) is 4.68. The number of rotatable bonds is 8. The van der Waals surface area contributed by atoms with Crippen molar-refractivity contribution < 1.29 is 23.8 Å². The number of carbonyl (C=O) groups is 1. The molecule has 2 aliphatic carbocycles. The van der Waals surface area contributed by atoms with E-state index in [1.54, 1.807) is 48.5 Å². The molecule has 1 N–H and O–H groups in total. The molecule has 3 aromatic rings. The molecule has 186 valence electrons. The van der Waals surface area contributed by atoms with Gasteiger partial charge in [-0.1, -0.05) is 68.0 Å². The standard InChI is InChI=1S/C22H17FO4.C9H14/c23-18-8-12-20(13-9-18)27-19-10-6-17(7-11-19)15-26-21(22(24)25)14-16-4-2-1-3-5-16;1-2-8-5-7-3-4-9(8)6-7/h1-14H,15H2,(H,24,25);3-4,7-9H,2,5-6H2,1H3. The van der Waals surface area contributed by atoms with Gasteiger partial charge in [0, 0.05) is 0 Å². The van der Waals surface area contributed by atoms with Gasteiger partial charge < -0.3 is 14.6 Å². The molecule has 5 heteroatoms. The first-order valence-corrected chi connectivity index (χ1v) is 12.3. The van der Waals surface area contributed by atoms with Gasteiger partial charge in [0.15, 0.2) is 0 Å². The fraction of sp³-hybridized carbons (Fsp3) is 0.258. The van der Waals surface area contributed by atoms with Crippen LogP contribution in [-0.2, 0) is 16.1 Å². The van der Waals surface area contributed by atoms with Crippen LogP contribution >= 0.6 is 0 Å². The van der Waals surface area contributed by atoms with Gasteiger partial charge >= 0.3 is 5.97 Å². The van der Waals surface area contributed by atoms with Crippen molar-refractivity contribution in [2.45, 2.75) is 32.8 Å². The SMILES string of the molecule is CCC1CC2C=CC1C2.O=C(O)C(=Cc1ccccc1)OCc1ccc(Oc2ccc(F)cc2)cc1. The third-order valence-electron chi connectivity index (χ3n) is 6.62. The number of ether oxygens (including phenoxy) is 2. The van der Waals surface area contributed by atoms with Crippen LogP contribution in [0, 0.1) is 23.6 Å². The fourth-order valence-electron chi connectivity index (χ4n) is 4.68. The molecule has 0 radical (unpaired) electrons. The molecule has 0 saturated heterocycles. The summed E-state index contributed by atoms with van der Waals surface area (Å²) < 4.78 is 24.0. The highest BCUT2D eigenvalue weighted by Gasteiger charge is 2.33. The highest BCUT2D eigenvalue weighted by atomic mass is 19.1. The molecule has 0 amide bonds. The number of carboxylic acids is 1. The van der Waals surface area contributed by atoms with Gasteiger partial charge in [0.05, 0.1) is 0 Å². The highest BCUT2D eigenvalue weighted by molar-refractivity contribution is 5.89. The highest BCUT2D eigenvalue weighted by Crippen LogP contribution is 2.44. The number of aliphatic carboxylic acids is 1. The van der Waals surface area contributed by atoms with Gasteiger partial charge in [0.1, 0.15) is 23.9 Å². The van der Waals surface area contributed by atoms with Gasteiger partial charge in [-0.25, -0.2) is 9.18 Å². The molecule has 2 bridgehead atoms. The van der Waals surface area contributed by atoms with Crippen molar-refractivity contribution in [3.05, 3.63) is 114 Å². The van der Waals surface area contributed by atoms with Crippen LogP contribution in [0.5, 0.6) is 11.5 Å². The molecule has 3 atom stereocenters. The van der Waals surface area contributed by atoms with Gasteiger partial charge in [-0.15, -0.1) is 0 Å². The first kappa shape index (κ1) is 25.2. The summed E-state index contributed by atoms with van der Waals surface area (Å²) in [6.45, 7) is 2.43. The molecule has 0 heterocycles. The Morgan fingerprint density at radius 1 is 0.944 bits per heavy atom. The first-order valence-electron chi connectivity index (χ1n) is 12.3. The Morgan fingerprint density at radius 3 is 2.14 bits per heavy atom. The molecule has 4 nitrogen and oxygen atoms in total. The zero-order valence-electron chi connectivity index (χ0n) is 20.3. The monoisotopic (exact) mass is 486 g/mol. The number of allylic oxidation sites excluding steroid dienone is 2. The van der Waals surface area contributed by atoms with Gasteiger partial charge in [0.25, 0.3) is 0 Å². The number of hydrogen-bond donors (Lipinski definition) is 1. The van der Waals surface area contributed by atoms with Gasteiger partial charge in [-0.2, -0.15) is 0 Å². The maximum Gasteiger partial charge on any atom is 0.371 e. The van der Waals surface area contributed by atoms with Crippen molar-refractivity contribution in [3.8, 4) is 11.5 Å². The van der Waals surface area contributed by atoms with Crippen LogP contribution in [-0.4, -0.2) is 11.1 Å². The number of fused-ring (bicyclic) bond motifs is 2. The van der Waals surface area contributed by atoms with Crippen molar-refractivity contribution in [2.75, 3.05) is 0 Å². The van der Waals surface area contributed by atoms with E-state index in [0.29, 0.717) is 11.5 Å². The van der Waals surface area contributed by atoms with Gasteiger partial charge in [0.2, 0.25) is 5.76 Å². The van der Waals surface area contributed by atoms with Crippen molar-refractivity contribution in [1.29, 1.82) is 0 Å². The molecule has 36 heavy (non-hydrogen) atoms. The quantitative estimate of drug-likeness (QED) is 0.200. The Labute approximate surface area is 211 Å². The molecule has 1 saturated carbocycles. The van der Waals surface area contributed by atoms with Crippen LogP contribution in [0.2, 0.25) is 0 Å². The lowest BCUT2D eigenvalue weighted by atomic mass is 9.91. The van der Waals surface area contributed by atoms with Crippen LogP contribution in [0.1, 0.15) is 37.3 Å². The van der Waals surface area contributed by atoms with E-state index in [2.05, 4.69) is 19.1 Å². The van der Waals surface area contributed by atoms with E-state index < -0.39 is 5.97 Å². The lowest BCUT2D eigenvalue weighted by Gasteiger charge is -2.14. The Kier molecular flexibility index (Phi) is 8.56. The molecule has 0 aromatic heterocycles. The molecule has 1 fully saturated rings. The molecule has 5 rings (SSSR count). The summed E-state index contributed by atoms with van der Waals surface area (Å²) in [6, 6.07) is 21.9. The minimum absolute atomic E-state index is 0.113. The molecule has 3 unspecified atom stereocenters. The normalized spacial score (nSPS) is 19.9. The predicted molar refractivity (Wildman–Crippen MR) is 139 cm³/mol. The maximum atomic E-state index is 12.9. The Hall–Kier alpha value is -3.86. The molecule has 0 spiro atoms. The minimum atomic E-state index is -1.13. The number of carboxylic acid groups (broad SMARTS) is 1. The maximum absolute atomic E-state index is 12.9. The topological polar surface area (TPSA) is 55.8 Å². The van der Waals surface area contributed by atoms with Crippen molar-refractivity contribution in [2.24, 2.45) is 17.8 Å². The molecular weight excluding hydrogens is 455 g/mol. The second-order valence-electron chi connectivity index (χ2n) is 9.16. The Bertz CT molecular complexity index is 1180. The molecule has 0 aliphatic heterocycles. The molecular formula is C31H31FO4. The lowest BCUT2D eigenvalue weighted by molar-refractivity contribution is -0.136. The van der Waals surface area contributed by atoms with Gasteiger partial charge in [-0.3, -0.25) is 0 Å². The molecule has 2 aliphatic rings. The van der Waals surface area contributed by atoms with E-state index in [-0.39, 0.29) is 18.2 Å². The summed E-state index contributed by atoms with van der Waals surface area (Å²) in [5, 5.41) is 9.30. The second-order valence-corrected chi connectivity index (χ2v) is 9.16. The van der Waals surface area contributed by atoms with Crippen LogP contribution in [0.4, 0.5) is 4.39 Å². The number of benzene rings is 3.